The molecule has 0 aromatic heterocycles. The minimum absolute atomic E-state index is 0.00835. The number of Topliss-reactive ketones (excluding diaryl/α,β-unsaturated/α-hetero) is 2. The number of carbonyl (C=O) groups is 2. The predicted octanol–water partition coefficient (Wildman–Crippen LogP) is 7.12. The molecule has 1 aliphatic carbocycles. The Morgan fingerprint density at radius 1 is 0.412 bits per heavy atom. The molecule has 4 aromatic rings. The van der Waals surface area contributed by atoms with Gasteiger partial charge in [0, 0.05) is 34.8 Å². The highest BCUT2D eigenvalue weighted by Gasteiger charge is 2.45. The normalized spacial score (nSPS) is 21.6. The third kappa shape index (κ3) is 4.27. The van der Waals surface area contributed by atoms with Crippen molar-refractivity contribution in [1.82, 2.24) is 0 Å². The molecule has 5 rings (SSSR count). The lowest BCUT2D eigenvalue weighted by Crippen LogP contribution is -2.40. The molecular weight excluding hydrogens is 416 g/mol. The van der Waals surface area contributed by atoms with Crippen LogP contribution in [0.3, 0.4) is 0 Å². The fourth-order valence-corrected chi connectivity index (χ4v) is 5.16. The van der Waals surface area contributed by atoms with E-state index < -0.39 is 11.8 Å². The molecule has 0 amide bonds. The van der Waals surface area contributed by atoms with E-state index in [1.165, 1.54) is 0 Å². The maximum Gasteiger partial charge on any atom is 0.167 e. The molecule has 166 valence electrons. The first kappa shape index (κ1) is 21.8. The van der Waals surface area contributed by atoms with Crippen molar-refractivity contribution in [3.63, 3.8) is 0 Å². The third-order valence-corrected chi connectivity index (χ3v) is 6.78. The van der Waals surface area contributed by atoms with E-state index in [4.69, 9.17) is 0 Å². The van der Waals surface area contributed by atoms with Gasteiger partial charge in [0.05, 0.1) is 0 Å². The fraction of sp³-hybridized carbons (Fsp3) is 0.125. The topological polar surface area (TPSA) is 34.1 Å². The molecule has 0 bridgehead atoms. The molecule has 0 aliphatic heterocycles. The summed E-state index contributed by atoms with van der Waals surface area (Å²) in [5.41, 5.74) is 3.37. The second-order valence-electron chi connectivity index (χ2n) is 8.77. The molecule has 0 spiro atoms. The standard InChI is InChI=1S/C32H26O2/c33-31(25-17-9-3-10-18-25)29-27(23-13-5-1-6-14-23)21-22-28(24-15-7-2-8-16-24)30(29)32(34)26-19-11-4-12-20-26/h1-22,27-30H/t27-,28+,29+,30-. The number of carbonyl (C=O) groups excluding carboxylic acids is 2. The van der Waals surface area contributed by atoms with Crippen molar-refractivity contribution in [2.75, 3.05) is 0 Å². The second-order valence-corrected chi connectivity index (χ2v) is 8.77. The van der Waals surface area contributed by atoms with Gasteiger partial charge in [-0.05, 0) is 11.1 Å². The largest absolute Gasteiger partial charge is 0.294 e. The lowest BCUT2D eigenvalue weighted by molar-refractivity contribution is 0.0724. The molecule has 4 aromatic carbocycles. The summed E-state index contributed by atoms with van der Waals surface area (Å²) in [6.45, 7) is 0. The van der Waals surface area contributed by atoms with Gasteiger partial charge in [0.15, 0.2) is 11.6 Å². The van der Waals surface area contributed by atoms with Crippen molar-refractivity contribution in [2.45, 2.75) is 11.8 Å². The smallest absolute Gasteiger partial charge is 0.167 e. The summed E-state index contributed by atoms with van der Waals surface area (Å²) in [4.78, 5) is 28.2. The molecule has 2 nitrogen and oxygen atoms in total. The van der Waals surface area contributed by atoms with Crippen LogP contribution in [0.15, 0.2) is 133 Å². The van der Waals surface area contributed by atoms with Crippen LogP contribution in [0.4, 0.5) is 0 Å². The average molecular weight is 443 g/mol. The van der Waals surface area contributed by atoms with E-state index in [1.807, 2.05) is 121 Å². The second kappa shape index (κ2) is 9.84. The number of benzene rings is 4. The van der Waals surface area contributed by atoms with Crippen molar-refractivity contribution in [3.05, 3.63) is 156 Å². The molecule has 34 heavy (non-hydrogen) atoms. The van der Waals surface area contributed by atoms with Gasteiger partial charge in [0.1, 0.15) is 0 Å². The molecule has 0 saturated heterocycles. The molecule has 0 fully saturated rings. The first-order valence-corrected chi connectivity index (χ1v) is 11.7. The van der Waals surface area contributed by atoms with Gasteiger partial charge in [-0.2, -0.15) is 0 Å². The Bertz CT molecular complexity index is 1180. The quantitative estimate of drug-likeness (QED) is 0.235. The zero-order valence-electron chi connectivity index (χ0n) is 18.8. The zero-order chi connectivity index (χ0) is 23.3. The molecular formula is C32H26O2. The summed E-state index contributed by atoms with van der Waals surface area (Å²) < 4.78 is 0. The van der Waals surface area contributed by atoms with Crippen LogP contribution in [-0.4, -0.2) is 11.6 Å². The summed E-state index contributed by atoms with van der Waals surface area (Å²) >= 11 is 0. The number of rotatable bonds is 6. The lowest BCUT2D eigenvalue weighted by atomic mass is 9.62. The highest BCUT2D eigenvalue weighted by atomic mass is 16.1. The van der Waals surface area contributed by atoms with E-state index in [0.29, 0.717) is 11.1 Å². The summed E-state index contributed by atoms with van der Waals surface area (Å²) in [6.07, 6.45) is 4.26. The van der Waals surface area contributed by atoms with Crippen LogP contribution >= 0.6 is 0 Å². The molecule has 0 N–H and O–H groups in total. The predicted molar refractivity (Wildman–Crippen MR) is 136 cm³/mol. The van der Waals surface area contributed by atoms with Gasteiger partial charge in [0.25, 0.3) is 0 Å². The first-order valence-electron chi connectivity index (χ1n) is 11.7. The van der Waals surface area contributed by atoms with E-state index in [1.54, 1.807) is 0 Å². The minimum Gasteiger partial charge on any atom is -0.294 e. The molecule has 0 heterocycles. The van der Waals surface area contributed by atoms with E-state index in [0.717, 1.165) is 11.1 Å². The Hall–Kier alpha value is -4.04. The van der Waals surface area contributed by atoms with Crippen LogP contribution < -0.4 is 0 Å². The third-order valence-electron chi connectivity index (χ3n) is 6.78. The molecule has 1 aliphatic rings. The minimum atomic E-state index is -0.521. The maximum atomic E-state index is 14.1. The van der Waals surface area contributed by atoms with Gasteiger partial charge >= 0.3 is 0 Å². The molecule has 0 unspecified atom stereocenters. The van der Waals surface area contributed by atoms with E-state index in [9.17, 15) is 9.59 Å². The van der Waals surface area contributed by atoms with Gasteiger partial charge in [0.2, 0.25) is 0 Å². The lowest BCUT2D eigenvalue weighted by Gasteiger charge is -2.38. The highest BCUT2D eigenvalue weighted by Crippen LogP contribution is 2.47. The van der Waals surface area contributed by atoms with Gasteiger partial charge in [-0.25, -0.2) is 0 Å². The fourth-order valence-electron chi connectivity index (χ4n) is 5.16. The van der Waals surface area contributed by atoms with Crippen LogP contribution in [-0.2, 0) is 0 Å². The van der Waals surface area contributed by atoms with Crippen LogP contribution in [0, 0.1) is 11.8 Å². The van der Waals surface area contributed by atoms with E-state index in [2.05, 4.69) is 12.2 Å². The zero-order valence-corrected chi connectivity index (χ0v) is 18.8. The van der Waals surface area contributed by atoms with Crippen LogP contribution in [0.5, 0.6) is 0 Å². The van der Waals surface area contributed by atoms with Crippen LogP contribution in [0.25, 0.3) is 0 Å². The summed E-state index contributed by atoms with van der Waals surface area (Å²) in [6, 6.07) is 38.9. The van der Waals surface area contributed by atoms with Crippen molar-refractivity contribution in [3.8, 4) is 0 Å². The number of hydrogen-bond donors (Lipinski definition) is 0. The van der Waals surface area contributed by atoms with Crippen molar-refractivity contribution >= 4 is 11.6 Å². The molecule has 2 heteroatoms. The van der Waals surface area contributed by atoms with Crippen LogP contribution in [0.2, 0.25) is 0 Å². The Labute approximate surface area is 200 Å². The summed E-state index contributed by atoms with van der Waals surface area (Å²) in [5.74, 6) is -1.40. The Morgan fingerprint density at radius 3 is 1.03 bits per heavy atom. The number of hydrogen-bond acceptors (Lipinski definition) is 2. The Kier molecular flexibility index (Phi) is 6.31. The first-order chi connectivity index (χ1) is 16.7. The maximum absolute atomic E-state index is 14.1. The molecule has 4 atom stereocenters. The SMILES string of the molecule is O=C(c1ccccc1)[C@@H]1[C@H](C(=O)c2ccccc2)[C@H](c2ccccc2)C=C[C@@H]1c1ccccc1. The van der Waals surface area contributed by atoms with Crippen molar-refractivity contribution in [2.24, 2.45) is 11.8 Å². The van der Waals surface area contributed by atoms with Crippen LogP contribution in [0.1, 0.15) is 43.7 Å². The van der Waals surface area contributed by atoms with E-state index in [-0.39, 0.29) is 23.4 Å². The van der Waals surface area contributed by atoms with Crippen molar-refractivity contribution < 1.29 is 9.59 Å². The Balaban J connectivity index is 1.70. The summed E-state index contributed by atoms with van der Waals surface area (Å²) in [5, 5.41) is 0. The van der Waals surface area contributed by atoms with Crippen molar-refractivity contribution in [1.29, 1.82) is 0 Å². The average Bonchev–Trinajstić information content (AvgIpc) is 2.93. The monoisotopic (exact) mass is 442 g/mol. The number of ketones is 2. The molecule has 0 saturated carbocycles. The highest BCUT2D eigenvalue weighted by molar-refractivity contribution is 6.06. The van der Waals surface area contributed by atoms with E-state index >= 15 is 0 Å². The summed E-state index contributed by atoms with van der Waals surface area (Å²) in [7, 11) is 0. The van der Waals surface area contributed by atoms with Gasteiger partial charge < -0.3 is 0 Å². The van der Waals surface area contributed by atoms with Gasteiger partial charge in [-0.3, -0.25) is 9.59 Å². The Morgan fingerprint density at radius 2 is 0.706 bits per heavy atom. The van der Waals surface area contributed by atoms with Gasteiger partial charge in [-0.1, -0.05) is 133 Å². The van der Waals surface area contributed by atoms with Gasteiger partial charge in [-0.15, -0.1) is 0 Å². The number of allylic oxidation sites excluding steroid dienone is 2. The molecule has 0 radical (unpaired) electrons.